The summed E-state index contributed by atoms with van der Waals surface area (Å²) in [5.74, 6) is 1.88. The molecule has 0 N–H and O–H groups in total. The minimum atomic E-state index is -0.461. The highest BCUT2D eigenvalue weighted by Gasteiger charge is 2.19. The maximum absolute atomic E-state index is 11.0. The molecule has 0 radical (unpaired) electrons. The lowest BCUT2D eigenvalue weighted by atomic mass is 10.2. The Morgan fingerprint density at radius 1 is 0.970 bits per heavy atom. The first-order valence-electron chi connectivity index (χ1n) is 9.48. The summed E-state index contributed by atoms with van der Waals surface area (Å²) in [6.07, 6.45) is 0. The smallest absolute Gasteiger partial charge is 0.269 e. The van der Waals surface area contributed by atoms with Crippen molar-refractivity contribution >= 4 is 40.5 Å². The molecule has 0 bridgehead atoms. The fourth-order valence-electron chi connectivity index (χ4n) is 3.14. The summed E-state index contributed by atoms with van der Waals surface area (Å²) in [4.78, 5) is 10.6. The van der Waals surface area contributed by atoms with Crippen molar-refractivity contribution < 1.29 is 14.4 Å². The molecule has 0 unspecified atom stereocenters. The van der Waals surface area contributed by atoms with Crippen LogP contribution >= 0.6 is 34.8 Å². The Hall–Kier alpha value is -3.33. The van der Waals surface area contributed by atoms with E-state index in [4.69, 9.17) is 44.3 Å². The number of aromatic nitrogens is 3. The number of nitro benzene ring substituents is 1. The summed E-state index contributed by atoms with van der Waals surface area (Å²) in [6, 6.07) is 16.4. The molecule has 168 valence electrons. The van der Waals surface area contributed by atoms with Gasteiger partial charge in [-0.3, -0.25) is 14.7 Å². The van der Waals surface area contributed by atoms with Gasteiger partial charge in [0.2, 0.25) is 0 Å². The van der Waals surface area contributed by atoms with Gasteiger partial charge in [0, 0.05) is 28.4 Å². The van der Waals surface area contributed by atoms with E-state index in [1.54, 1.807) is 35.9 Å². The minimum absolute atomic E-state index is 0.00686. The van der Waals surface area contributed by atoms with Crippen LogP contribution in [0.4, 0.5) is 5.69 Å². The van der Waals surface area contributed by atoms with Gasteiger partial charge in [0.15, 0.2) is 17.4 Å². The van der Waals surface area contributed by atoms with Gasteiger partial charge in [0.1, 0.15) is 12.4 Å². The molecule has 0 atom stereocenters. The fourth-order valence-corrected chi connectivity index (χ4v) is 4.06. The number of rotatable bonds is 7. The number of halogens is 3. The van der Waals surface area contributed by atoms with Crippen LogP contribution in [0.2, 0.25) is 15.1 Å². The molecule has 4 rings (SSSR count). The second-order valence-electron chi connectivity index (χ2n) is 6.76. The molecule has 0 amide bonds. The molecule has 1 aromatic heterocycles. The largest absolute Gasteiger partial charge is 0.497 e. The number of nitrogens with zero attached hydrogens (tertiary/aromatic N) is 4. The van der Waals surface area contributed by atoms with Gasteiger partial charge in [-0.05, 0) is 48.5 Å². The van der Waals surface area contributed by atoms with E-state index in [1.165, 1.54) is 24.3 Å². The van der Waals surface area contributed by atoms with Gasteiger partial charge in [-0.25, -0.2) is 0 Å². The summed E-state index contributed by atoms with van der Waals surface area (Å²) in [7, 11) is 1.58. The van der Waals surface area contributed by atoms with Crippen molar-refractivity contribution in [2.75, 3.05) is 7.11 Å². The molecule has 3 aromatic carbocycles. The molecular formula is C22H15Cl3N4O4. The fraction of sp³-hybridized carbons (Fsp3) is 0.0909. The van der Waals surface area contributed by atoms with Crippen LogP contribution in [0.3, 0.4) is 0 Å². The van der Waals surface area contributed by atoms with Crippen molar-refractivity contribution in [3.05, 3.63) is 91.7 Å². The first kappa shape index (κ1) is 22.8. The zero-order valence-electron chi connectivity index (χ0n) is 17.0. The molecule has 0 aliphatic carbocycles. The zero-order chi connectivity index (χ0) is 23.5. The Labute approximate surface area is 203 Å². The Bertz CT molecular complexity index is 1290. The van der Waals surface area contributed by atoms with Gasteiger partial charge < -0.3 is 9.47 Å². The average Bonchev–Trinajstić information content (AvgIpc) is 3.22. The number of hydrogen-bond acceptors (Lipinski definition) is 6. The van der Waals surface area contributed by atoms with Crippen LogP contribution in [0.25, 0.3) is 17.1 Å². The normalized spacial score (nSPS) is 10.8. The molecule has 8 nitrogen and oxygen atoms in total. The summed E-state index contributed by atoms with van der Waals surface area (Å²) < 4.78 is 12.9. The lowest BCUT2D eigenvalue weighted by molar-refractivity contribution is -0.384. The van der Waals surface area contributed by atoms with Crippen LogP contribution in [-0.2, 0) is 6.61 Å². The van der Waals surface area contributed by atoms with Crippen molar-refractivity contribution in [1.82, 2.24) is 14.8 Å². The maximum atomic E-state index is 11.0. The van der Waals surface area contributed by atoms with Gasteiger partial charge in [-0.15, -0.1) is 10.2 Å². The van der Waals surface area contributed by atoms with Crippen LogP contribution in [0.5, 0.6) is 11.5 Å². The molecule has 4 aromatic rings. The SMILES string of the molecule is COc1ccc(-n2c(COc3c(Cl)cc(Cl)cc3Cl)nnc2-c2ccc([N+](=O)[O-])cc2)cc1. The Morgan fingerprint density at radius 2 is 1.61 bits per heavy atom. The molecule has 11 heteroatoms. The summed E-state index contributed by atoms with van der Waals surface area (Å²) in [5, 5.41) is 20.5. The molecule has 0 saturated carbocycles. The number of non-ortho nitro benzene ring substituents is 1. The Morgan fingerprint density at radius 3 is 2.18 bits per heavy atom. The second-order valence-corrected chi connectivity index (χ2v) is 8.02. The molecule has 0 spiro atoms. The molecule has 1 heterocycles. The quantitative estimate of drug-likeness (QED) is 0.213. The number of methoxy groups -OCH3 is 1. The molecule has 0 fully saturated rings. The minimum Gasteiger partial charge on any atom is -0.497 e. The summed E-state index contributed by atoms with van der Waals surface area (Å²) in [6.45, 7) is -0.00686. The molecule has 0 aliphatic rings. The second kappa shape index (κ2) is 9.66. The monoisotopic (exact) mass is 504 g/mol. The topological polar surface area (TPSA) is 92.3 Å². The lowest BCUT2D eigenvalue weighted by Crippen LogP contribution is -2.07. The number of benzene rings is 3. The van der Waals surface area contributed by atoms with Crippen LogP contribution in [0.15, 0.2) is 60.7 Å². The highest BCUT2D eigenvalue weighted by atomic mass is 35.5. The first-order chi connectivity index (χ1) is 15.9. The number of hydrogen-bond donors (Lipinski definition) is 0. The van der Waals surface area contributed by atoms with E-state index < -0.39 is 4.92 Å². The summed E-state index contributed by atoms with van der Waals surface area (Å²) in [5.41, 5.74) is 1.35. The van der Waals surface area contributed by atoms with E-state index in [9.17, 15) is 10.1 Å². The van der Waals surface area contributed by atoms with Gasteiger partial charge in [-0.2, -0.15) is 0 Å². The third kappa shape index (κ3) is 4.88. The van der Waals surface area contributed by atoms with Gasteiger partial charge in [0.05, 0.1) is 22.1 Å². The first-order valence-corrected chi connectivity index (χ1v) is 10.6. The molecule has 33 heavy (non-hydrogen) atoms. The van der Waals surface area contributed by atoms with Crippen LogP contribution in [0.1, 0.15) is 5.82 Å². The standard InChI is InChI=1S/C22H15Cl3N4O4/c1-32-17-8-6-15(7-9-17)28-20(12-33-21-18(24)10-14(23)11-19(21)25)26-27-22(28)13-2-4-16(5-3-13)29(30)31/h2-11H,12H2,1H3. The van der Waals surface area contributed by atoms with Crippen LogP contribution < -0.4 is 9.47 Å². The third-order valence-corrected chi connectivity index (χ3v) is 5.49. The number of nitro groups is 1. The van der Waals surface area contributed by atoms with Gasteiger partial charge in [0.25, 0.3) is 5.69 Å². The zero-order valence-corrected chi connectivity index (χ0v) is 19.3. The van der Waals surface area contributed by atoms with Crippen molar-refractivity contribution in [2.24, 2.45) is 0 Å². The van der Waals surface area contributed by atoms with Crippen LogP contribution in [0, 0.1) is 10.1 Å². The van der Waals surface area contributed by atoms with Crippen molar-refractivity contribution in [1.29, 1.82) is 0 Å². The van der Waals surface area contributed by atoms with E-state index in [0.717, 1.165) is 5.69 Å². The van der Waals surface area contributed by atoms with Crippen molar-refractivity contribution in [3.63, 3.8) is 0 Å². The molecular weight excluding hydrogens is 491 g/mol. The van der Waals surface area contributed by atoms with Crippen molar-refractivity contribution in [3.8, 4) is 28.6 Å². The van der Waals surface area contributed by atoms with Crippen LogP contribution in [-0.4, -0.2) is 26.8 Å². The lowest BCUT2D eigenvalue weighted by Gasteiger charge is -2.13. The van der Waals surface area contributed by atoms with E-state index in [-0.39, 0.29) is 28.1 Å². The van der Waals surface area contributed by atoms with E-state index >= 15 is 0 Å². The highest BCUT2D eigenvalue weighted by Crippen LogP contribution is 2.36. The van der Waals surface area contributed by atoms with Crippen molar-refractivity contribution in [2.45, 2.75) is 6.61 Å². The predicted molar refractivity (Wildman–Crippen MR) is 126 cm³/mol. The molecule has 0 saturated heterocycles. The highest BCUT2D eigenvalue weighted by molar-refractivity contribution is 6.40. The van der Waals surface area contributed by atoms with E-state index in [2.05, 4.69) is 10.2 Å². The average molecular weight is 506 g/mol. The number of ether oxygens (including phenoxy) is 2. The van der Waals surface area contributed by atoms with E-state index in [1.807, 2.05) is 12.1 Å². The van der Waals surface area contributed by atoms with Gasteiger partial charge in [-0.1, -0.05) is 34.8 Å². The molecule has 0 aliphatic heterocycles. The maximum Gasteiger partial charge on any atom is 0.269 e. The Balaban J connectivity index is 1.74. The Kier molecular flexibility index (Phi) is 6.69. The summed E-state index contributed by atoms with van der Waals surface area (Å²) >= 11 is 18.4. The predicted octanol–water partition coefficient (Wildman–Crippen LogP) is 6.39. The third-order valence-electron chi connectivity index (χ3n) is 4.71. The van der Waals surface area contributed by atoms with Gasteiger partial charge >= 0.3 is 0 Å². The van der Waals surface area contributed by atoms with E-state index in [0.29, 0.717) is 28.0 Å².